The van der Waals surface area contributed by atoms with Crippen molar-refractivity contribution < 1.29 is 0 Å². The lowest BCUT2D eigenvalue weighted by Gasteiger charge is -2.00. The van der Waals surface area contributed by atoms with E-state index in [1.165, 1.54) is 0 Å². The number of aromatic amines is 1. The lowest BCUT2D eigenvalue weighted by atomic mass is 10.2. The van der Waals surface area contributed by atoms with Crippen molar-refractivity contribution >= 4 is 17.5 Å². The van der Waals surface area contributed by atoms with Gasteiger partial charge in [-0.1, -0.05) is 11.6 Å². The molecule has 0 aliphatic heterocycles. The molecule has 0 saturated carbocycles. The number of nitrogen functional groups attached to an aromatic ring is 1. The number of H-pyrrole nitrogens is 1. The van der Waals surface area contributed by atoms with Crippen LogP contribution in [0.4, 0.5) is 5.95 Å². The average Bonchev–Trinajstić information content (AvgIpc) is 2.57. The highest BCUT2D eigenvalue weighted by Crippen LogP contribution is 2.21. The van der Waals surface area contributed by atoms with E-state index in [-0.39, 0.29) is 0 Å². The Hall–Kier alpha value is -1.55. The summed E-state index contributed by atoms with van der Waals surface area (Å²) < 4.78 is 0. The monoisotopic (exact) mass is 208 g/mol. The summed E-state index contributed by atoms with van der Waals surface area (Å²) in [4.78, 5) is 10.9. The normalized spacial score (nSPS) is 10.4. The van der Waals surface area contributed by atoms with Crippen LogP contribution in [-0.4, -0.2) is 15.0 Å². The molecule has 2 aromatic heterocycles. The van der Waals surface area contributed by atoms with Crippen LogP contribution in [0.2, 0.25) is 5.15 Å². The number of imidazole rings is 1. The first kappa shape index (κ1) is 9.02. The highest BCUT2D eigenvalue weighted by atomic mass is 35.5. The molecule has 0 bridgehead atoms. The summed E-state index contributed by atoms with van der Waals surface area (Å²) >= 11 is 5.81. The van der Waals surface area contributed by atoms with Crippen molar-refractivity contribution in [2.75, 3.05) is 5.73 Å². The molecule has 0 aliphatic rings. The number of nitrogens with one attached hydrogen (secondary N) is 1. The molecule has 3 N–H and O–H groups in total. The Morgan fingerprint density at radius 1 is 1.36 bits per heavy atom. The first-order valence-corrected chi connectivity index (χ1v) is 4.47. The number of anilines is 1. The number of aromatic nitrogens is 3. The van der Waals surface area contributed by atoms with Crippen molar-refractivity contribution in [1.82, 2.24) is 15.0 Å². The molecule has 0 fully saturated rings. The van der Waals surface area contributed by atoms with Gasteiger partial charge in [-0.05, 0) is 18.6 Å². The van der Waals surface area contributed by atoms with Crippen LogP contribution in [0.25, 0.3) is 11.3 Å². The van der Waals surface area contributed by atoms with Gasteiger partial charge in [0.15, 0.2) is 5.95 Å². The van der Waals surface area contributed by atoms with Crippen LogP contribution in [0, 0.1) is 6.92 Å². The molecule has 0 aromatic carbocycles. The van der Waals surface area contributed by atoms with Gasteiger partial charge in [0.05, 0.1) is 11.9 Å². The fraction of sp³-hybridized carbons (Fsp3) is 0.111. The highest BCUT2D eigenvalue weighted by molar-refractivity contribution is 6.30. The van der Waals surface area contributed by atoms with Gasteiger partial charge in [0.2, 0.25) is 0 Å². The van der Waals surface area contributed by atoms with Crippen LogP contribution >= 0.6 is 11.6 Å². The van der Waals surface area contributed by atoms with E-state index in [0.29, 0.717) is 11.1 Å². The largest absolute Gasteiger partial charge is 0.369 e. The van der Waals surface area contributed by atoms with Crippen LogP contribution in [0.1, 0.15) is 5.56 Å². The van der Waals surface area contributed by atoms with Crippen LogP contribution in [0.15, 0.2) is 18.5 Å². The molecule has 14 heavy (non-hydrogen) atoms. The van der Waals surface area contributed by atoms with Crippen LogP contribution in [-0.2, 0) is 0 Å². The Kier molecular flexibility index (Phi) is 2.13. The molecule has 0 unspecified atom stereocenters. The fourth-order valence-electron chi connectivity index (χ4n) is 1.19. The molecular formula is C9H9ClN4. The first-order chi connectivity index (χ1) is 6.66. The molecule has 5 heteroatoms. The Labute approximate surface area is 86.1 Å². The van der Waals surface area contributed by atoms with Crippen molar-refractivity contribution in [2.45, 2.75) is 6.92 Å². The topological polar surface area (TPSA) is 67.6 Å². The summed E-state index contributed by atoms with van der Waals surface area (Å²) in [7, 11) is 0. The number of hydrogen-bond acceptors (Lipinski definition) is 3. The van der Waals surface area contributed by atoms with Gasteiger partial charge < -0.3 is 10.7 Å². The minimum Gasteiger partial charge on any atom is -0.369 e. The Morgan fingerprint density at radius 2 is 2.14 bits per heavy atom. The van der Waals surface area contributed by atoms with Gasteiger partial charge in [-0.3, -0.25) is 0 Å². The number of nitrogens with zero attached hydrogens (tertiary/aromatic N) is 2. The van der Waals surface area contributed by atoms with Crippen LogP contribution in [0.3, 0.4) is 0 Å². The van der Waals surface area contributed by atoms with Gasteiger partial charge in [0.25, 0.3) is 0 Å². The Bertz CT molecular complexity index is 464. The summed E-state index contributed by atoms with van der Waals surface area (Å²) in [5, 5.41) is 0.515. The molecule has 0 atom stereocenters. The first-order valence-electron chi connectivity index (χ1n) is 4.10. The number of aryl methyl sites for hydroxylation is 1. The summed E-state index contributed by atoms with van der Waals surface area (Å²) in [5.74, 6) is 0.396. The van der Waals surface area contributed by atoms with E-state index < -0.39 is 0 Å². The van der Waals surface area contributed by atoms with Crippen molar-refractivity contribution in [3.63, 3.8) is 0 Å². The number of nitrogens with two attached hydrogens (primary N) is 1. The second kappa shape index (κ2) is 3.31. The molecule has 2 heterocycles. The van der Waals surface area contributed by atoms with Crippen molar-refractivity contribution in [1.29, 1.82) is 0 Å². The fourth-order valence-corrected chi connectivity index (χ4v) is 1.29. The van der Waals surface area contributed by atoms with Crippen LogP contribution in [0.5, 0.6) is 0 Å². The van der Waals surface area contributed by atoms with E-state index in [1.807, 2.05) is 13.0 Å². The van der Waals surface area contributed by atoms with E-state index in [1.54, 1.807) is 12.4 Å². The van der Waals surface area contributed by atoms with E-state index in [2.05, 4.69) is 15.0 Å². The number of rotatable bonds is 1. The molecule has 0 saturated heterocycles. The Balaban J connectivity index is 2.47. The SMILES string of the molecule is Cc1cc(-c2cnc(N)[nH]2)cnc1Cl. The smallest absolute Gasteiger partial charge is 0.197 e. The minimum atomic E-state index is 0.396. The van der Waals surface area contributed by atoms with E-state index in [0.717, 1.165) is 16.8 Å². The third kappa shape index (κ3) is 1.56. The van der Waals surface area contributed by atoms with Crippen molar-refractivity contribution in [3.05, 3.63) is 29.2 Å². The maximum absolute atomic E-state index is 5.81. The lowest BCUT2D eigenvalue weighted by Crippen LogP contribution is -1.87. The molecule has 2 aromatic rings. The molecule has 72 valence electrons. The van der Waals surface area contributed by atoms with Gasteiger partial charge in [-0.2, -0.15) is 0 Å². The summed E-state index contributed by atoms with van der Waals surface area (Å²) in [5.41, 5.74) is 8.17. The summed E-state index contributed by atoms with van der Waals surface area (Å²) in [6, 6.07) is 1.93. The molecule has 0 aliphatic carbocycles. The second-order valence-corrected chi connectivity index (χ2v) is 3.37. The molecule has 0 amide bonds. The maximum Gasteiger partial charge on any atom is 0.197 e. The molecule has 0 radical (unpaired) electrons. The second-order valence-electron chi connectivity index (χ2n) is 3.01. The third-order valence-electron chi connectivity index (χ3n) is 1.92. The third-order valence-corrected chi connectivity index (χ3v) is 2.32. The zero-order valence-electron chi connectivity index (χ0n) is 7.58. The number of hydrogen-bond donors (Lipinski definition) is 2. The Morgan fingerprint density at radius 3 is 2.71 bits per heavy atom. The van der Waals surface area contributed by atoms with Crippen molar-refractivity contribution in [3.8, 4) is 11.3 Å². The lowest BCUT2D eigenvalue weighted by molar-refractivity contribution is 1.26. The number of halogens is 1. The molecule has 4 nitrogen and oxygen atoms in total. The average molecular weight is 209 g/mol. The minimum absolute atomic E-state index is 0.396. The summed E-state index contributed by atoms with van der Waals surface area (Å²) in [6.07, 6.45) is 3.35. The number of pyridine rings is 1. The van der Waals surface area contributed by atoms with E-state index in [9.17, 15) is 0 Å². The summed E-state index contributed by atoms with van der Waals surface area (Å²) in [6.45, 7) is 1.90. The highest BCUT2D eigenvalue weighted by Gasteiger charge is 2.03. The van der Waals surface area contributed by atoms with Gasteiger partial charge in [0.1, 0.15) is 5.15 Å². The quantitative estimate of drug-likeness (QED) is 0.705. The van der Waals surface area contributed by atoms with E-state index >= 15 is 0 Å². The molecule has 2 rings (SSSR count). The molecular weight excluding hydrogens is 200 g/mol. The predicted octanol–water partition coefficient (Wildman–Crippen LogP) is 2.02. The zero-order chi connectivity index (χ0) is 10.1. The van der Waals surface area contributed by atoms with Gasteiger partial charge in [-0.15, -0.1) is 0 Å². The van der Waals surface area contributed by atoms with Gasteiger partial charge in [0, 0.05) is 11.8 Å². The predicted molar refractivity (Wildman–Crippen MR) is 56.0 cm³/mol. The standard InChI is InChI=1S/C9H9ClN4/c1-5-2-6(3-12-8(5)10)7-4-13-9(11)14-7/h2-4H,1H3,(H3,11,13,14). The van der Waals surface area contributed by atoms with Crippen LogP contribution < -0.4 is 5.73 Å². The van der Waals surface area contributed by atoms with Crippen molar-refractivity contribution in [2.24, 2.45) is 0 Å². The maximum atomic E-state index is 5.81. The molecule has 0 spiro atoms. The van der Waals surface area contributed by atoms with E-state index in [4.69, 9.17) is 17.3 Å². The van der Waals surface area contributed by atoms with Gasteiger partial charge >= 0.3 is 0 Å². The zero-order valence-corrected chi connectivity index (χ0v) is 8.34. The van der Waals surface area contributed by atoms with Gasteiger partial charge in [-0.25, -0.2) is 9.97 Å².